The number of benzene rings is 1. The van der Waals surface area contributed by atoms with Crippen LogP contribution in [0.15, 0.2) is 42.6 Å². The molecule has 110 valence electrons. The lowest BCUT2D eigenvalue weighted by Crippen LogP contribution is -2.15. The summed E-state index contributed by atoms with van der Waals surface area (Å²) in [5.74, 6) is 1.13. The van der Waals surface area contributed by atoms with E-state index >= 15 is 0 Å². The first-order valence-corrected chi connectivity index (χ1v) is 6.26. The van der Waals surface area contributed by atoms with E-state index in [1.165, 1.54) is 18.3 Å². The maximum atomic E-state index is 10.6. The van der Waals surface area contributed by atoms with Crippen molar-refractivity contribution in [3.8, 4) is 5.75 Å². The van der Waals surface area contributed by atoms with Crippen LogP contribution in [0.3, 0.4) is 0 Å². The highest BCUT2D eigenvalue weighted by atomic mass is 16.6. The van der Waals surface area contributed by atoms with Crippen molar-refractivity contribution in [2.45, 2.75) is 6.04 Å². The molecule has 21 heavy (non-hydrogen) atoms. The summed E-state index contributed by atoms with van der Waals surface area (Å²) in [6.07, 6.45) is 1.17. The van der Waals surface area contributed by atoms with Crippen LogP contribution < -0.4 is 10.1 Å². The average Bonchev–Trinajstić information content (AvgIpc) is 2.53. The largest absolute Gasteiger partial charge is 0.497 e. The molecule has 7 nitrogen and oxygen atoms in total. The van der Waals surface area contributed by atoms with Crippen LogP contribution in [0.25, 0.3) is 0 Å². The second-order valence-electron chi connectivity index (χ2n) is 4.31. The molecule has 7 heteroatoms. The van der Waals surface area contributed by atoms with Gasteiger partial charge in [0.15, 0.2) is 0 Å². The number of anilines is 1. The molecule has 2 rings (SSSR count). The SMILES string of the molecule is COc1cccc([C@H](CO)Nc2ccc([N+](=O)[O-])cn2)c1. The van der Waals surface area contributed by atoms with Gasteiger partial charge in [-0.05, 0) is 23.8 Å². The maximum absolute atomic E-state index is 10.6. The number of hydrogen-bond acceptors (Lipinski definition) is 6. The number of methoxy groups -OCH3 is 1. The highest BCUT2D eigenvalue weighted by Gasteiger charge is 2.13. The lowest BCUT2D eigenvalue weighted by Gasteiger charge is -2.17. The van der Waals surface area contributed by atoms with Crippen molar-refractivity contribution in [1.29, 1.82) is 0 Å². The van der Waals surface area contributed by atoms with Crippen LogP contribution in [-0.2, 0) is 0 Å². The minimum absolute atomic E-state index is 0.0810. The molecule has 0 saturated carbocycles. The van der Waals surface area contributed by atoms with Crippen LogP contribution in [0.1, 0.15) is 11.6 Å². The maximum Gasteiger partial charge on any atom is 0.287 e. The molecule has 0 amide bonds. The van der Waals surface area contributed by atoms with Gasteiger partial charge in [-0.2, -0.15) is 0 Å². The Bertz CT molecular complexity index is 616. The number of aliphatic hydroxyl groups is 1. The van der Waals surface area contributed by atoms with Gasteiger partial charge < -0.3 is 15.2 Å². The van der Waals surface area contributed by atoms with Crippen molar-refractivity contribution in [1.82, 2.24) is 4.98 Å². The topological polar surface area (TPSA) is 97.5 Å². The fourth-order valence-electron chi connectivity index (χ4n) is 1.85. The summed E-state index contributed by atoms with van der Waals surface area (Å²) in [4.78, 5) is 14.0. The van der Waals surface area contributed by atoms with E-state index in [9.17, 15) is 15.2 Å². The Morgan fingerprint density at radius 1 is 1.43 bits per heavy atom. The summed E-state index contributed by atoms with van der Waals surface area (Å²) in [5.41, 5.74) is 0.750. The van der Waals surface area contributed by atoms with E-state index in [-0.39, 0.29) is 18.3 Å². The van der Waals surface area contributed by atoms with E-state index in [0.717, 1.165) is 5.56 Å². The Kier molecular flexibility index (Phi) is 4.68. The molecule has 0 fully saturated rings. The van der Waals surface area contributed by atoms with Gasteiger partial charge in [-0.15, -0.1) is 0 Å². The highest BCUT2D eigenvalue weighted by Crippen LogP contribution is 2.22. The number of nitrogens with one attached hydrogen (secondary N) is 1. The van der Waals surface area contributed by atoms with Gasteiger partial charge in [-0.25, -0.2) is 4.98 Å². The van der Waals surface area contributed by atoms with Crippen LogP contribution in [0.5, 0.6) is 5.75 Å². The summed E-state index contributed by atoms with van der Waals surface area (Å²) in [6.45, 7) is -0.147. The third-order valence-electron chi connectivity index (χ3n) is 2.96. The Hall–Kier alpha value is -2.67. The first-order valence-electron chi connectivity index (χ1n) is 6.26. The molecule has 0 aliphatic rings. The van der Waals surface area contributed by atoms with Crippen LogP contribution in [0.2, 0.25) is 0 Å². The second kappa shape index (κ2) is 6.67. The summed E-state index contributed by atoms with van der Waals surface area (Å²) >= 11 is 0. The number of aromatic nitrogens is 1. The molecule has 0 saturated heterocycles. The van der Waals surface area contributed by atoms with Gasteiger partial charge in [0.05, 0.1) is 24.7 Å². The predicted octanol–water partition coefficient (Wildman–Crippen LogP) is 2.14. The molecular formula is C14H15N3O4. The van der Waals surface area contributed by atoms with Crippen LogP contribution in [0, 0.1) is 10.1 Å². The lowest BCUT2D eigenvalue weighted by molar-refractivity contribution is -0.385. The summed E-state index contributed by atoms with van der Waals surface area (Å²) in [7, 11) is 1.57. The smallest absolute Gasteiger partial charge is 0.287 e. The van der Waals surface area contributed by atoms with E-state index < -0.39 is 4.92 Å². The quantitative estimate of drug-likeness (QED) is 0.624. The number of nitro groups is 1. The number of pyridine rings is 1. The fraction of sp³-hybridized carbons (Fsp3) is 0.214. The van der Waals surface area contributed by atoms with Gasteiger partial charge in [0.2, 0.25) is 0 Å². The van der Waals surface area contributed by atoms with Crippen molar-refractivity contribution < 1.29 is 14.8 Å². The van der Waals surface area contributed by atoms with Gasteiger partial charge in [0.1, 0.15) is 17.8 Å². The van der Waals surface area contributed by atoms with Crippen LogP contribution >= 0.6 is 0 Å². The fourth-order valence-corrected chi connectivity index (χ4v) is 1.85. The molecule has 1 aromatic carbocycles. The molecule has 0 spiro atoms. The first kappa shape index (κ1) is 14.7. The normalized spacial score (nSPS) is 11.7. The van der Waals surface area contributed by atoms with Gasteiger partial charge in [-0.3, -0.25) is 10.1 Å². The Morgan fingerprint density at radius 3 is 2.81 bits per heavy atom. The van der Waals surface area contributed by atoms with Crippen molar-refractivity contribution in [2.24, 2.45) is 0 Å². The van der Waals surface area contributed by atoms with Gasteiger partial charge in [0.25, 0.3) is 5.69 Å². The molecule has 0 aliphatic heterocycles. The monoisotopic (exact) mass is 289 g/mol. The van der Waals surface area contributed by atoms with E-state index in [1.54, 1.807) is 13.2 Å². The summed E-state index contributed by atoms with van der Waals surface area (Å²) in [5, 5.41) is 23.1. The molecule has 2 aromatic rings. The zero-order chi connectivity index (χ0) is 15.2. The van der Waals surface area contributed by atoms with Crippen LogP contribution in [0.4, 0.5) is 11.5 Å². The minimum atomic E-state index is -0.512. The number of hydrogen-bond donors (Lipinski definition) is 2. The van der Waals surface area contributed by atoms with Gasteiger partial charge in [0, 0.05) is 6.07 Å². The van der Waals surface area contributed by atoms with Gasteiger partial charge >= 0.3 is 0 Å². The summed E-state index contributed by atoms with van der Waals surface area (Å²) in [6, 6.07) is 9.76. The van der Waals surface area contributed by atoms with Crippen molar-refractivity contribution in [3.63, 3.8) is 0 Å². The molecule has 0 radical (unpaired) electrons. The standard InChI is InChI=1S/C14H15N3O4/c1-21-12-4-2-3-10(7-12)13(9-18)16-14-6-5-11(8-15-14)17(19)20/h2-8,13,18H,9H2,1H3,(H,15,16)/t13-/m0/s1. The molecule has 0 aliphatic carbocycles. The lowest BCUT2D eigenvalue weighted by atomic mass is 10.1. The molecule has 0 unspecified atom stereocenters. The van der Waals surface area contributed by atoms with Crippen molar-refractivity contribution >= 4 is 11.5 Å². The molecule has 1 atom stereocenters. The van der Waals surface area contributed by atoms with Crippen molar-refractivity contribution in [2.75, 3.05) is 19.0 Å². The number of ether oxygens (including phenoxy) is 1. The van der Waals surface area contributed by atoms with E-state index in [0.29, 0.717) is 11.6 Å². The van der Waals surface area contributed by atoms with Crippen LogP contribution in [-0.4, -0.2) is 28.7 Å². The van der Waals surface area contributed by atoms with E-state index in [2.05, 4.69) is 10.3 Å². The third kappa shape index (κ3) is 3.67. The molecule has 1 aromatic heterocycles. The van der Waals surface area contributed by atoms with Crippen molar-refractivity contribution in [3.05, 3.63) is 58.3 Å². The average molecular weight is 289 g/mol. The Morgan fingerprint density at radius 2 is 2.24 bits per heavy atom. The number of nitrogens with zero attached hydrogens (tertiary/aromatic N) is 2. The molecule has 0 bridgehead atoms. The Balaban J connectivity index is 2.16. The molecular weight excluding hydrogens is 274 g/mol. The first-order chi connectivity index (χ1) is 10.1. The highest BCUT2D eigenvalue weighted by molar-refractivity contribution is 5.43. The summed E-state index contributed by atoms with van der Waals surface area (Å²) < 4.78 is 5.14. The zero-order valence-corrected chi connectivity index (χ0v) is 11.4. The number of aliphatic hydroxyl groups excluding tert-OH is 1. The van der Waals surface area contributed by atoms with E-state index in [1.807, 2.05) is 18.2 Å². The van der Waals surface area contributed by atoms with Gasteiger partial charge in [-0.1, -0.05) is 12.1 Å². The molecule has 1 heterocycles. The minimum Gasteiger partial charge on any atom is -0.497 e. The Labute approximate surface area is 121 Å². The predicted molar refractivity (Wildman–Crippen MR) is 77.3 cm³/mol. The molecule has 2 N–H and O–H groups in total. The third-order valence-corrected chi connectivity index (χ3v) is 2.96. The van der Waals surface area contributed by atoms with E-state index in [4.69, 9.17) is 4.74 Å². The number of rotatable bonds is 6. The zero-order valence-electron chi connectivity index (χ0n) is 11.4. The second-order valence-corrected chi connectivity index (χ2v) is 4.31.